The highest BCUT2D eigenvalue weighted by Gasteiger charge is 2.43. The summed E-state index contributed by atoms with van der Waals surface area (Å²) in [4.78, 5) is 40.8. The molecular weight excluding hydrogens is 524 g/mol. The number of esters is 1. The van der Waals surface area contributed by atoms with Crippen LogP contribution >= 0.6 is 0 Å². The summed E-state index contributed by atoms with van der Waals surface area (Å²) in [5.41, 5.74) is 2.55. The molecule has 9 heteroatoms. The van der Waals surface area contributed by atoms with Crippen molar-refractivity contribution in [1.82, 2.24) is 10.2 Å². The Kier molecular flexibility index (Phi) is 10.3. The Balaban J connectivity index is 1.45. The minimum Gasteiger partial charge on any atom is -0.497 e. The first-order chi connectivity index (χ1) is 19.8. The van der Waals surface area contributed by atoms with E-state index in [9.17, 15) is 14.4 Å². The van der Waals surface area contributed by atoms with Gasteiger partial charge in [-0.05, 0) is 41.2 Å². The van der Waals surface area contributed by atoms with Gasteiger partial charge in [-0.25, -0.2) is 4.79 Å². The normalized spacial score (nSPS) is 17.1. The fourth-order valence-corrected chi connectivity index (χ4v) is 4.57. The van der Waals surface area contributed by atoms with Gasteiger partial charge in [0.2, 0.25) is 12.2 Å². The molecule has 1 heterocycles. The Labute approximate surface area is 240 Å². The van der Waals surface area contributed by atoms with E-state index in [4.69, 9.17) is 18.9 Å². The molecule has 216 valence electrons. The van der Waals surface area contributed by atoms with Crippen molar-refractivity contribution in [2.75, 3.05) is 13.8 Å². The van der Waals surface area contributed by atoms with E-state index in [1.54, 1.807) is 31.4 Å². The Morgan fingerprint density at radius 3 is 2.15 bits per heavy atom. The van der Waals surface area contributed by atoms with Gasteiger partial charge in [-0.3, -0.25) is 9.59 Å². The van der Waals surface area contributed by atoms with Crippen molar-refractivity contribution in [1.29, 1.82) is 0 Å². The minimum absolute atomic E-state index is 0.0410. The Hall–Kier alpha value is -4.37. The summed E-state index contributed by atoms with van der Waals surface area (Å²) in [6.45, 7) is 3.69. The van der Waals surface area contributed by atoms with Gasteiger partial charge in [0.25, 0.3) is 0 Å². The molecule has 0 aliphatic carbocycles. The molecule has 2 amide bonds. The summed E-state index contributed by atoms with van der Waals surface area (Å²) < 4.78 is 22.1. The topological polar surface area (TPSA) is 103 Å². The van der Waals surface area contributed by atoms with E-state index in [0.717, 1.165) is 16.7 Å². The first kappa shape index (κ1) is 29.6. The van der Waals surface area contributed by atoms with Gasteiger partial charge in [-0.15, -0.1) is 0 Å². The van der Waals surface area contributed by atoms with Gasteiger partial charge >= 0.3 is 12.1 Å². The molecule has 0 radical (unpaired) electrons. The molecule has 3 aromatic rings. The third-order valence-corrected chi connectivity index (χ3v) is 6.84. The quantitative estimate of drug-likeness (QED) is 0.345. The number of methoxy groups -OCH3 is 1. The van der Waals surface area contributed by atoms with E-state index < -0.39 is 30.4 Å². The van der Waals surface area contributed by atoms with Gasteiger partial charge in [0, 0.05) is 0 Å². The molecule has 0 bridgehead atoms. The van der Waals surface area contributed by atoms with Crippen LogP contribution in [0.25, 0.3) is 0 Å². The minimum atomic E-state index is -0.970. The highest BCUT2D eigenvalue weighted by Crippen LogP contribution is 2.25. The predicted molar refractivity (Wildman–Crippen MR) is 152 cm³/mol. The smallest absolute Gasteiger partial charge is 0.408 e. The maximum absolute atomic E-state index is 13.8. The highest BCUT2D eigenvalue weighted by atomic mass is 16.7. The fraction of sp³-hybridized carbons (Fsp3) is 0.344. The molecule has 1 fully saturated rings. The average molecular weight is 561 g/mol. The number of nitrogens with one attached hydrogen (secondary N) is 1. The number of benzene rings is 3. The number of nitrogens with zero attached hydrogens (tertiary/aromatic N) is 1. The number of amides is 2. The number of hydrogen-bond donors (Lipinski definition) is 1. The van der Waals surface area contributed by atoms with Crippen molar-refractivity contribution < 1.29 is 33.3 Å². The maximum Gasteiger partial charge on any atom is 0.408 e. The molecule has 1 aliphatic heterocycles. The van der Waals surface area contributed by atoms with Gasteiger partial charge in [-0.1, -0.05) is 86.6 Å². The standard InChI is InChI=1S/C32H36N2O7/c1-22(2)29(33-32(37)39-20-25-12-8-5-9-13-25)30(36)34-21-40-31(27(34)18-23-10-6-4-7-11-23)41-28(35)19-24-14-16-26(38-3)17-15-24/h4-17,22,27,29,31H,18-21H2,1-3H3,(H,33,37). The van der Waals surface area contributed by atoms with Crippen LogP contribution in [0.2, 0.25) is 0 Å². The van der Waals surface area contributed by atoms with Crippen LogP contribution in [0.1, 0.15) is 30.5 Å². The summed E-state index contributed by atoms with van der Waals surface area (Å²) >= 11 is 0. The maximum atomic E-state index is 13.8. The van der Waals surface area contributed by atoms with E-state index in [2.05, 4.69) is 5.32 Å². The molecule has 0 aromatic heterocycles. The number of ether oxygens (including phenoxy) is 4. The second-order valence-corrected chi connectivity index (χ2v) is 10.2. The zero-order valence-corrected chi connectivity index (χ0v) is 23.5. The molecule has 3 aromatic carbocycles. The van der Waals surface area contributed by atoms with Gasteiger partial charge < -0.3 is 29.2 Å². The molecular formula is C32H36N2O7. The lowest BCUT2D eigenvalue weighted by Crippen LogP contribution is -2.54. The van der Waals surface area contributed by atoms with Crippen molar-refractivity contribution in [3.05, 3.63) is 102 Å². The number of rotatable bonds is 11. The first-order valence-corrected chi connectivity index (χ1v) is 13.6. The second-order valence-electron chi connectivity index (χ2n) is 10.2. The summed E-state index contributed by atoms with van der Waals surface area (Å²) in [6, 6.07) is 24.6. The Morgan fingerprint density at radius 1 is 0.902 bits per heavy atom. The molecule has 3 unspecified atom stereocenters. The molecule has 0 saturated carbocycles. The number of alkyl carbamates (subject to hydrolysis) is 1. The fourth-order valence-electron chi connectivity index (χ4n) is 4.57. The van der Waals surface area contributed by atoms with E-state index >= 15 is 0 Å². The molecule has 1 aliphatic rings. The Morgan fingerprint density at radius 2 is 1.54 bits per heavy atom. The van der Waals surface area contributed by atoms with E-state index in [1.165, 1.54) is 4.90 Å². The van der Waals surface area contributed by atoms with Gasteiger partial charge in [0.05, 0.1) is 13.5 Å². The first-order valence-electron chi connectivity index (χ1n) is 13.6. The van der Waals surface area contributed by atoms with Crippen LogP contribution in [-0.4, -0.2) is 55.1 Å². The SMILES string of the molecule is COc1ccc(CC(=O)OC2OCN(C(=O)C(NC(=O)OCc3ccccc3)C(C)C)C2Cc2ccccc2)cc1. The molecule has 9 nitrogen and oxygen atoms in total. The second kappa shape index (κ2) is 14.3. The van der Waals surface area contributed by atoms with Crippen LogP contribution in [0.3, 0.4) is 0 Å². The van der Waals surface area contributed by atoms with Crippen LogP contribution in [0, 0.1) is 5.92 Å². The number of carbonyl (C=O) groups is 3. The lowest BCUT2D eigenvalue weighted by Gasteiger charge is -2.30. The zero-order valence-electron chi connectivity index (χ0n) is 23.5. The molecule has 41 heavy (non-hydrogen) atoms. The monoisotopic (exact) mass is 560 g/mol. The van der Waals surface area contributed by atoms with E-state index in [-0.39, 0.29) is 31.6 Å². The largest absolute Gasteiger partial charge is 0.497 e. The van der Waals surface area contributed by atoms with Crippen LogP contribution in [-0.2, 0) is 43.2 Å². The molecule has 4 rings (SSSR count). The van der Waals surface area contributed by atoms with Crippen molar-refractivity contribution in [2.45, 2.75) is 51.7 Å². The third-order valence-electron chi connectivity index (χ3n) is 6.84. The average Bonchev–Trinajstić information content (AvgIpc) is 3.37. The van der Waals surface area contributed by atoms with Crippen LogP contribution in [0.5, 0.6) is 5.75 Å². The summed E-state index contributed by atoms with van der Waals surface area (Å²) in [5.74, 6) is -0.363. The van der Waals surface area contributed by atoms with E-state index in [1.807, 2.05) is 74.5 Å². The lowest BCUT2D eigenvalue weighted by atomic mass is 10.00. The summed E-state index contributed by atoms with van der Waals surface area (Å²) in [7, 11) is 1.58. The van der Waals surface area contributed by atoms with Gasteiger partial charge in [0.15, 0.2) is 0 Å². The molecule has 3 atom stereocenters. The van der Waals surface area contributed by atoms with Crippen LogP contribution in [0.15, 0.2) is 84.9 Å². The van der Waals surface area contributed by atoms with Crippen molar-refractivity contribution in [3.8, 4) is 5.75 Å². The summed E-state index contributed by atoms with van der Waals surface area (Å²) in [6.07, 6.45) is -1.22. The zero-order chi connectivity index (χ0) is 29.2. The Bertz CT molecular complexity index is 1280. The summed E-state index contributed by atoms with van der Waals surface area (Å²) in [5, 5.41) is 2.72. The van der Waals surface area contributed by atoms with Crippen molar-refractivity contribution >= 4 is 18.0 Å². The number of hydrogen-bond acceptors (Lipinski definition) is 7. The molecule has 0 spiro atoms. The van der Waals surface area contributed by atoms with Gasteiger partial charge in [-0.2, -0.15) is 0 Å². The predicted octanol–water partition coefficient (Wildman–Crippen LogP) is 4.49. The van der Waals surface area contributed by atoms with E-state index in [0.29, 0.717) is 12.2 Å². The van der Waals surface area contributed by atoms with Gasteiger partial charge in [0.1, 0.15) is 31.2 Å². The molecule has 1 saturated heterocycles. The van der Waals surface area contributed by atoms with Crippen molar-refractivity contribution in [3.63, 3.8) is 0 Å². The highest BCUT2D eigenvalue weighted by molar-refractivity contribution is 5.86. The lowest BCUT2D eigenvalue weighted by molar-refractivity contribution is -0.171. The number of carbonyl (C=O) groups excluding carboxylic acids is 3. The van der Waals surface area contributed by atoms with Crippen LogP contribution in [0.4, 0.5) is 4.79 Å². The molecule has 1 N–H and O–H groups in total. The van der Waals surface area contributed by atoms with Crippen molar-refractivity contribution in [2.24, 2.45) is 5.92 Å². The van der Waals surface area contributed by atoms with Crippen LogP contribution < -0.4 is 10.1 Å². The third kappa shape index (κ3) is 8.31.